The number of urea groups is 1. The van der Waals surface area contributed by atoms with E-state index in [2.05, 4.69) is 9.62 Å². The number of nitrogens with one attached hydrogen (secondary N) is 1. The van der Waals surface area contributed by atoms with Crippen LogP contribution in [0, 0.1) is 6.92 Å². The Morgan fingerprint density at radius 2 is 1.50 bits per heavy atom. The molecule has 1 N–H and O–H groups in total. The van der Waals surface area contributed by atoms with Crippen molar-refractivity contribution < 1.29 is 26.4 Å². The Labute approximate surface area is 317 Å². The van der Waals surface area contributed by atoms with Crippen molar-refractivity contribution in [2.75, 3.05) is 51.3 Å². The van der Waals surface area contributed by atoms with Gasteiger partial charge in [0.1, 0.15) is 27.5 Å². The van der Waals surface area contributed by atoms with Gasteiger partial charge in [0.2, 0.25) is 10.0 Å². The average molecular weight is 793 g/mol. The highest BCUT2D eigenvalue weighted by atomic mass is 35.5. The summed E-state index contributed by atoms with van der Waals surface area (Å²) >= 11 is 12.6. The molecule has 0 unspecified atom stereocenters. The summed E-state index contributed by atoms with van der Waals surface area (Å²) in [5, 5.41) is 1.09. The molecular weight excluding hydrogens is 745 g/mol. The van der Waals surface area contributed by atoms with E-state index in [9.17, 15) is 21.6 Å². The number of piperazine rings is 1. The van der Waals surface area contributed by atoms with Gasteiger partial charge in [-0.05, 0) is 101 Å². The highest BCUT2D eigenvalue weighted by Gasteiger charge is 2.45. The second kappa shape index (κ2) is 16.0. The molecule has 0 aromatic heterocycles. The van der Waals surface area contributed by atoms with Crippen LogP contribution >= 0.6 is 23.2 Å². The number of aliphatic imine (C=N–C) groups is 1. The maximum atomic E-state index is 15.0. The summed E-state index contributed by atoms with van der Waals surface area (Å²) in [4.78, 5) is 25.9. The number of carbonyl (C=O) groups is 1. The quantitative estimate of drug-likeness (QED) is 0.235. The molecule has 0 saturated carbocycles. The Morgan fingerprint density at radius 1 is 0.923 bits per heavy atom. The van der Waals surface area contributed by atoms with Crippen molar-refractivity contribution in [3.05, 3.63) is 93.0 Å². The van der Waals surface area contributed by atoms with E-state index in [0.717, 1.165) is 11.1 Å². The summed E-state index contributed by atoms with van der Waals surface area (Å²) in [5.74, 6) is 0.778. The highest BCUT2D eigenvalue weighted by Crippen LogP contribution is 2.46. The predicted molar refractivity (Wildman–Crippen MR) is 207 cm³/mol. The van der Waals surface area contributed by atoms with Crippen LogP contribution < -0.4 is 9.46 Å². The molecule has 0 aliphatic carbocycles. The molecule has 2 amide bonds. The number of amides is 2. The van der Waals surface area contributed by atoms with Crippen LogP contribution in [0.3, 0.4) is 0 Å². The maximum Gasteiger partial charge on any atom is 0.326 e. The number of halogens is 2. The van der Waals surface area contributed by atoms with Gasteiger partial charge in [-0.2, -0.15) is 0 Å². The Hall–Kier alpha value is -3.20. The summed E-state index contributed by atoms with van der Waals surface area (Å²) in [6.45, 7) is 11.7. The molecule has 2 atom stereocenters. The zero-order chi connectivity index (χ0) is 38.0. The number of hydrogen-bond acceptors (Lipinski definition) is 8. The molecule has 2 aliphatic rings. The van der Waals surface area contributed by atoms with Gasteiger partial charge in [-0.3, -0.25) is 14.8 Å². The molecule has 1 fully saturated rings. The van der Waals surface area contributed by atoms with Crippen molar-refractivity contribution in [1.82, 2.24) is 19.4 Å². The van der Waals surface area contributed by atoms with Crippen molar-refractivity contribution in [3.8, 4) is 5.75 Å². The smallest absolute Gasteiger partial charge is 0.326 e. The topological polar surface area (TPSA) is 129 Å². The molecule has 1 saturated heterocycles. The number of rotatable bonds is 11. The minimum absolute atomic E-state index is 0.0525. The number of amidine groups is 1. The second-order valence-corrected chi connectivity index (χ2v) is 19.1. The molecule has 282 valence electrons. The number of benzene rings is 3. The summed E-state index contributed by atoms with van der Waals surface area (Å²) in [7, 11) is -7.07. The standard InChI is InChI=1S/C37H47Cl2N5O6S2/c1-7-50-31-23-25(2)32(52(48,49)41-37(3,4)5)24-30(31)35-40-33(26-9-13-28(38)14-10-26)34(27-11-15-29(39)16-12-27)44(35)36(45)43-20-18-42(19-21-43)17-8-22-51(6,46)47/h9-16,23-24,33-34,41H,7-8,17-22H2,1-6H3/t33-,34+/m0/s1. The fourth-order valence-corrected chi connectivity index (χ4v) is 9.16. The third-order valence-corrected chi connectivity index (χ3v) is 12.3. The van der Waals surface area contributed by atoms with Crippen LogP contribution in [-0.2, 0) is 19.9 Å². The summed E-state index contributed by atoms with van der Waals surface area (Å²) in [6.07, 6.45) is 1.75. The molecule has 0 radical (unpaired) electrons. The van der Waals surface area contributed by atoms with Crippen molar-refractivity contribution >= 4 is 54.9 Å². The van der Waals surface area contributed by atoms with E-state index in [1.807, 2.05) is 31.2 Å². The van der Waals surface area contributed by atoms with E-state index >= 15 is 0 Å². The summed E-state index contributed by atoms with van der Waals surface area (Å²) < 4.78 is 59.9. The molecule has 11 nitrogen and oxygen atoms in total. The average Bonchev–Trinajstić information content (AvgIpc) is 3.44. The Morgan fingerprint density at radius 3 is 2.04 bits per heavy atom. The van der Waals surface area contributed by atoms with Crippen molar-refractivity contribution in [2.45, 2.75) is 63.6 Å². The van der Waals surface area contributed by atoms with Gasteiger partial charge in [-0.15, -0.1) is 0 Å². The summed E-state index contributed by atoms with van der Waals surface area (Å²) in [6, 6.07) is 16.3. The van der Waals surface area contributed by atoms with Crippen LogP contribution in [0.4, 0.5) is 4.79 Å². The van der Waals surface area contributed by atoms with E-state index in [1.165, 1.54) is 6.26 Å². The van der Waals surface area contributed by atoms with Gasteiger partial charge in [0.15, 0.2) is 0 Å². The molecule has 2 heterocycles. The molecular formula is C37H47Cl2N5O6S2. The molecule has 52 heavy (non-hydrogen) atoms. The van der Waals surface area contributed by atoms with Crippen LogP contribution in [0.15, 0.2) is 70.6 Å². The van der Waals surface area contributed by atoms with E-state index in [1.54, 1.807) is 73.9 Å². The lowest BCUT2D eigenvalue weighted by atomic mass is 9.93. The van der Waals surface area contributed by atoms with Gasteiger partial charge in [-0.1, -0.05) is 47.5 Å². The van der Waals surface area contributed by atoms with Gasteiger partial charge in [0.25, 0.3) is 0 Å². The summed E-state index contributed by atoms with van der Waals surface area (Å²) in [5.41, 5.74) is 1.69. The van der Waals surface area contributed by atoms with Crippen molar-refractivity contribution in [2.24, 2.45) is 4.99 Å². The first-order valence-corrected chi connectivity index (χ1v) is 21.6. The van der Waals surface area contributed by atoms with E-state index in [4.69, 9.17) is 32.9 Å². The van der Waals surface area contributed by atoms with E-state index in [0.29, 0.717) is 72.7 Å². The molecule has 5 rings (SSSR count). The Bertz CT molecular complexity index is 2010. The lowest BCUT2D eigenvalue weighted by Gasteiger charge is -2.39. The van der Waals surface area contributed by atoms with Gasteiger partial charge in [0.05, 0.1) is 28.9 Å². The minimum Gasteiger partial charge on any atom is -0.493 e. The maximum absolute atomic E-state index is 15.0. The Balaban J connectivity index is 1.64. The van der Waals surface area contributed by atoms with Crippen molar-refractivity contribution in [3.63, 3.8) is 0 Å². The third-order valence-electron chi connectivity index (χ3n) is 8.88. The van der Waals surface area contributed by atoms with Crippen molar-refractivity contribution in [1.29, 1.82) is 0 Å². The molecule has 0 bridgehead atoms. The Kier molecular flexibility index (Phi) is 12.3. The number of carbonyl (C=O) groups excluding carboxylic acids is 1. The molecule has 15 heteroatoms. The highest BCUT2D eigenvalue weighted by molar-refractivity contribution is 7.90. The first-order chi connectivity index (χ1) is 24.4. The van der Waals surface area contributed by atoms with Crippen LogP contribution in [0.1, 0.15) is 68.5 Å². The zero-order valence-corrected chi connectivity index (χ0v) is 33.5. The van der Waals surface area contributed by atoms with Gasteiger partial charge >= 0.3 is 6.03 Å². The largest absolute Gasteiger partial charge is 0.493 e. The lowest BCUT2D eigenvalue weighted by Crippen LogP contribution is -2.54. The number of hydrogen-bond donors (Lipinski definition) is 1. The number of aryl methyl sites for hydroxylation is 1. The van der Waals surface area contributed by atoms with Gasteiger partial charge in [0, 0.05) is 48.0 Å². The third kappa shape index (κ3) is 9.66. The monoisotopic (exact) mass is 791 g/mol. The van der Waals surface area contributed by atoms with E-state index in [-0.39, 0.29) is 22.5 Å². The lowest BCUT2D eigenvalue weighted by molar-refractivity contribution is 0.119. The molecule has 3 aromatic carbocycles. The fourth-order valence-electron chi connectivity index (χ4n) is 6.58. The zero-order valence-electron chi connectivity index (χ0n) is 30.4. The molecule has 2 aliphatic heterocycles. The number of ether oxygens (including phenoxy) is 1. The number of sulfone groups is 1. The minimum atomic E-state index is -4.00. The number of nitrogens with zero attached hydrogens (tertiary/aromatic N) is 4. The van der Waals surface area contributed by atoms with Crippen LogP contribution in [0.25, 0.3) is 0 Å². The molecule has 3 aromatic rings. The van der Waals surface area contributed by atoms with Gasteiger partial charge in [-0.25, -0.2) is 26.4 Å². The fraction of sp³-hybridized carbons (Fsp3) is 0.459. The predicted octanol–water partition coefficient (Wildman–Crippen LogP) is 6.49. The van der Waals surface area contributed by atoms with Gasteiger partial charge < -0.3 is 9.64 Å². The SMILES string of the molecule is CCOc1cc(C)c(S(=O)(=O)NC(C)(C)C)cc1C1=N[C@@H](c2ccc(Cl)cc2)[C@@H](c2ccc(Cl)cc2)N1C(=O)N1CCN(CCCS(C)(=O)=O)CC1. The normalized spacial score (nSPS) is 18.8. The first-order valence-electron chi connectivity index (χ1n) is 17.3. The van der Waals surface area contributed by atoms with Crippen LogP contribution in [0.2, 0.25) is 10.0 Å². The second-order valence-electron chi connectivity index (χ2n) is 14.3. The number of sulfonamides is 1. The first kappa shape index (κ1) is 40.0. The van der Waals surface area contributed by atoms with Crippen LogP contribution in [0.5, 0.6) is 5.75 Å². The van der Waals surface area contributed by atoms with E-state index < -0.39 is 37.5 Å². The molecule has 0 spiro atoms. The van der Waals surface area contributed by atoms with Crippen LogP contribution in [-0.4, -0.2) is 100 Å².